The molecule has 0 saturated heterocycles. The number of likely N-dealkylation sites (N-methyl/N-ethyl adjacent to an activating group) is 1. The zero-order chi connectivity index (χ0) is 15.8. The molecule has 0 radical (unpaired) electrons. The molecule has 0 spiro atoms. The summed E-state index contributed by atoms with van der Waals surface area (Å²) < 4.78 is 10.2. The highest BCUT2D eigenvalue weighted by molar-refractivity contribution is 5.87. The van der Waals surface area contributed by atoms with Crippen LogP contribution in [-0.4, -0.2) is 38.4 Å². The Bertz CT molecular complexity index is 509. The Morgan fingerprint density at radius 3 is 2.52 bits per heavy atom. The number of carbonyl (C=O) groups excluding carboxylic acids is 1. The molecule has 5 heteroatoms. The number of esters is 1. The van der Waals surface area contributed by atoms with E-state index in [-0.39, 0.29) is 6.04 Å². The van der Waals surface area contributed by atoms with E-state index in [1.807, 2.05) is 43.1 Å². The standard InChI is InChI=1S/C16H22N2O3/c1-6-21-16(19)15(11-17-3)18(4)12(2)13-7-9-14(20-5)10-8-13/h7-12H,3,6H2,1-2,4-5H3/b15-11-/t12-/m1/s1. The molecule has 0 amide bonds. The summed E-state index contributed by atoms with van der Waals surface area (Å²) in [4.78, 5) is 17.5. The van der Waals surface area contributed by atoms with Gasteiger partial charge in [-0.15, -0.1) is 0 Å². The first kappa shape index (κ1) is 16.8. The summed E-state index contributed by atoms with van der Waals surface area (Å²) >= 11 is 0. The molecule has 0 bridgehead atoms. The highest BCUT2D eigenvalue weighted by Gasteiger charge is 2.21. The van der Waals surface area contributed by atoms with Gasteiger partial charge in [-0.05, 0) is 38.3 Å². The lowest BCUT2D eigenvalue weighted by Gasteiger charge is -2.28. The number of aliphatic imine (C=N–C) groups is 1. The SMILES string of the molecule is C=N/C=C(/C(=O)OCC)N(C)[C@H](C)c1ccc(OC)cc1. The predicted molar refractivity (Wildman–Crippen MR) is 83.4 cm³/mol. The Balaban J connectivity index is 2.96. The van der Waals surface area contributed by atoms with Crippen LogP contribution in [0.1, 0.15) is 25.5 Å². The fraction of sp³-hybridized carbons (Fsp3) is 0.375. The second-order valence-corrected chi connectivity index (χ2v) is 4.48. The Hall–Kier alpha value is -2.30. The molecule has 114 valence electrons. The van der Waals surface area contributed by atoms with Crippen LogP contribution in [0.3, 0.4) is 0 Å². The lowest BCUT2D eigenvalue weighted by Crippen LogP contribution is -2.27. The summed E-state index contributed by atoms with van der Waals surface area (Å²) in [7, 11) is 3.45. The van der Waals surface area contributed by atoms with Crippen molar-refractivity contribution in [3.8, 4) is 5.75 Å². The summed E-state index contributed by atoms with van der Waals surface area (Å²) in [5.41, 5.74) is 1.42. The fourth-order valence-electron chi connectivity index (χ4n) is 1.89. The van der Waals surface area contributed by atoms with Crippen molar-refractivity contribution in [3.63, 3.8) is 0 Å². The lowest BCUT2D eigenvalue weighted by atomic mass is 10.1. The van der Waals surface area contributed by atoms with Crippen molar-refractivity contribution in [2.24, 2.45) is 4.99 Å². The number of hydrogen-bond donors (Lipinski definition) is 0. The minimum atomic E-state index is -0.409. The number of rotatable bonds is 7. The largest absolute Gasteiger partial charge is 0.497 e. The molecular weight excluding hydrogens is 268 g/mol. The molecule has 0 aromatic heterocycles. The van der Waals surface area contributed by atoms with Crippen LogP contribution in [0, 0.1) is 0 Å². The molecule has 0 aliphatic rings. The molecule has 0 aliphatic heterocycles. The molecule has 0 N–H and O–H groups in total. The van der Waals surface area contributed by atoms with E-state index in [1.54, 1.807) is 14.0 Å². The minimum absolute atomic E-state index is 0.0201. The Labute approximate surface area is 125 Å². The molecule has 0 saturated carbocycles. The molecule has 5 nitrogen and oxygen atoms in total. The Morgan fingerprint density at radius 2 is 2.05 bits per heavy atom. The smallest absolute Gasteiger partial charge is 0.356 e. The first-order valence-corrected chi connectivity index (χ1v) is 6.75. The third-order valence-corrected chi connectivity index (χ3v) is 3.26. The van der Waals surface area contributed by atoms with Crippen molar-refractivity contribution in [1.82, 2.24) is 4.90 Å². The summed E-state index contributed by atoms with van der Waals surface area (Å²) in [5.74, 6) is 0.385. The van der Waals surface area contributed by atoms with Crippen LogP contribution in [0.2, 0.25) is 0 Å². The molecule has 0 fully saturated rings. The van der Waals surface area contributed by atoms with Crippen LogP contribution in [0.4, 0.5) is 0 Å². The van der Waals surface area contributed by atoms with E-state index in [2.05, 4.69) is 11.7 Å². The van der Waals surface area contributed by atoms with Crippen LogP contribution >= 0.6 is 0 Å². The van der Waals surface area contributed by atoms with Crippen molar-refractivity contribution in [3.05, 3.63) is 41.7 Å². The number of nitrogens with zero attached hydrogens (tertiary/aromatic N) is 2. The average molecular weight is 290 g/mol. The van der Waals surface area contributed by atoms with E-state index in [9.17, 15) is 4.79 Å². The molecule has 1 aromatic rings. The lowest BCUT2D eigenvalue weighted by molar-refractivity contribution is -0.140. The van der Waals surface area contributed by atoms with Crippen LogP contribution in [0.15, 0.2) is 41.2 Å². The number of ether oxygens (including phenoxy) is 2. The molecule has 1 rings (SSSR count). The van der Waals surface area contributed by atoms with E-state index in [4.69, 9.17) is 9.47 Å². The highest BCUT2D eigenvalue weighted by Crippen LogP contribution is 2.25. The van der Waals surface area contributed by atoms with E-state index >= 15 is 0 Å². The topological polar surface area (TPSA) is 51.1 Å². The zero-order valence-electron chi connectivity index (χ0n) is 13.0. The third-order valence-electron chi connectivity index (χ3n) is 3.26. The molecule has 0 unspecified atom stereocenters. The normalized spacial score (nSPS) is 12.5. The van der Waals surface area contributed by atoms with Crippen molar-refractivity contribution < 1.29 is 14.3 Å². The van der Waals surface area contributed by atoms with Gasteiger partial charge in [-0.2, -0.15) is 0 Å². The van der Waals surface area contributed by atoms with Crippen LogP contribution in [0.5, 0.6) is 5.75 Å². The monoisotopic (exact) mass is 290 g/mol. The maximum absolute atomic E-state index is 12.0. The number of benzene rings is 1. The maximum Gasteiger partial charge on any atom is 0.356 e. The number of methoxy groups -OCH3 is 1. The summed E-state index contributed by atoms with van der Waals surface area (Å²) in [6.45, 7) is 7.49. The second kappa shape index (κ2) is 8.09. The van der Waals surface area contributed by atoms with E-state index in [0.717, 1.165) is 11.3 Å². The van der Waals surface area contributed by atoms with E-state index < -0.39 is 5.97 Å². The first-order valence-electron chi connectivity index (χ1n) is 6.75. The van der Waals surface area contributed by atoms with Crippen molar-refractivity contribution in [2.45, 2.75) is 19.9 Å². The molecule has 0 heterocycles. The average Bonchev–Trinajstić information content (AvgIpc) is 2.51. The van der Waals surface area contributed by atoms with E-state index in [0.29, 0.717) is 12.3 Å². The number of carbonyl (C=O) groups is 1. The van der Waals surface area contributed by atoms with Gasteiger partial charge in [-0.1, -0.05) is 12.1 Å². The summed E-state index contributed by atoms with van der Waals surface area (Å²) in [6, 6.07) is 7.68. The molecule has 21 heavy (non-hydrogen) atoms. The van der Waals surface area contributed by atoms with Crippen molar-refractivity contribution in [1.29, 1.82) is 0 Å². The third kappa shape index (κ3) is 4.34. The first-order chi connectivity index (χ1) is 10.0. The van der Waals surface area contributed by atoms with Gasteiger partial charge >= 0.3 is 5.97 Å². The van der Waals surface area contributed by atoms with E-state index in [1.165, 1.54) is 6.20 Å². The van der Waals surface area contributed by atoms with Gasteiger partial charge in [0.25, 0.3) is 0 Å². The van der Waals surface area contributed by atoms with Crippen molar-refractivity contribution in [2.75, 3.05) is 20.8 Å². The summed E-state index contributed by atoms with van der Waals surface area (Å²) in [6.07, 6.45) is 1.41. The summed E-state index contributed by atoms with van der Waals surface area (Å²) in [5, 5.41) is 0. The minimum Gasteiger partial charge on any atom is -0.497 e. The Kier molecular flexibility index (Phi) is 6.46. The van der Waals surface area contributed by atoms with Gasteiger partial charge in [0.1, 0.15) is 11.4 Å². The highest BCUT2D eigenvalue weighted by atomic mass is 16.5. The van der Waals surface area contributed by atoms with Crippen LogP contribution in [-0.2, 0) is 9.53 Å². The fourth-order valence-corrected chi connectivity index (χ4v) is 1.89. The molecular formula is C16H22N2O3. The molecule has 1 aromatic carbocycles. The van der Waals surface area contributed by atoms with Gasteiger partial charge in [0, 0.05) is 7.05 Å². The van der Waals surface area contributed by atoms with Crippen LogP contribution < -0.4 is 4.74 Å². The van der Waals surface area contributed by atoms with Gasteiger partial charge in [0.05, 0.1) is 26.0 Å². The quantitative estimate of drug-likeness (QED) is 0.440. The van der Waals surface area contributed by atoms with Gasteiger partial charge in [0.15, 0.2) is 0 Å². The molecule has 1 atom stereocenters. The molecule has 0 aliphatic carbocycles. The Morgan fingerprint density at radius 1 is 1.43 bits per heavy atom. The van der Waals surface area contributed by atoms with Gasteiger partial charge in [0.2, 0.25) is 0 Å². The maximum atomic E-state index is 12.0. The number of hydrogen-bond acceptors (Lipinski definition) is 5. The van der Waals surface area contributed by atoms with Gasteiger partial charge < -0.3 is 14.4 Å². The zero-order valence-corrected chi connectivity index (χ0v) is 13.0. The second-order valence-electron chi connectivity index (χ2n) is 4.48. The van der Waals surface area contributed by atoms with Crippen molar-refractivity contribution >= 4 is 12.7 Å². The van der Waals surface area contributed by atoms with Crippen LogP contribution in [0.25, 0.3) is 0 Å². The predicted octanol–water partition coefficient (Wildman–Crippen LogP) is 2.79. The van der Waals surface area contributed by atoms with Gasteiger partial charge in [-0.25, -0.2) is 4.79 Å². The van der Waals surface area contributed by atoms with Gasteiger partial charge in [-0.3, -0.25) is 4.99 Å².